The summed E-state index contributed by atoms with van der Waals surface area (Å²) in [5.74, 6) is 0.321. The summed E-state index contributed by atoms with van der Waals surface area (Å²) in [7, 11) is 1.77. The van der Waals surface area contributed by atoms with Gasteiger partial charge in [0.1, 0.15) is 10.7 Å². The zero-order valence-corrected chi connectivity index (χ0v) is 14.0. The normalized spacial score (nSPS) is 15.2. The zero-order chi connectivity index (χ0) is 17.8. The highest BCUT2D eigenvalue weighted by Gasteiger charge is 2.25. The van der Waals surface area contributed by atoms with Crippen molar-refractivity contribution in [3.05, 3.63) is 58.3 Å². The van der Waals surface area contributed by atoms with E-state index in [2.05, 4.69) is 4.90 Å². The van der Waals surface area contributed by atoms with Crippen LogP contribution >= 0.6 is 0 Å². The van der Waals surface area contributed by atoms with Crippen LogP contribution in [0.1, 0.15) is 5.76 Å². The van der Waals surface area contributed by atoms with Gasteiger partial charge in [-0.1, -0.05) is 18.2 Å². The SMILES string of the molecule is CN(C(=O)N1CCN(Cc2ccc([N+](=O)[O-])o2)CC1)c1ccccc1. The second-order valence-electron chi connectivity index (χ2n) is 5.94. The van der Waals surface area contributed by atoms with Gasteiger partial charge in [0, 0.05) is 38.9 Å². The highest BCUT2D eigenvalue weighted by Crippen LogP contribution is 2.19. The van der Waals surface area contributed by atoms with E-state index in [0.717, 1.165) is 5.69 Å². The molecule has 8 heteroatoms. The predicted molar refractivity (Wildman–Crippen MR) is 92.5 cm³/mol. The molecule has 1 aromatic heterocycles. The molecule has 8 nitrogen and oxygen atoms in total. The maximum atomic E-state index is 12.6. The van der Waals surface area contributed by atoms with Gasteiger partial charge in [0.15, 0.2) is 0 Å². The number of piperazine rings is 1. The second-order valence-corrected chi connectivity index (χ2v) is 5.94. The van der Waals surface area contributed by atoms with Crippen LogP contribution in [0.25, 0.3) is 0 Å². The van der Waals surface area contributed by atoms with Crippen molar-refractivity contribution < 1.29 is 14.1 Å². The third-order valence-corrected chi connectivity index (χ3v) is 4.28. The monoisotopic (exact) mass is 344 g/mol. The van der Waals surface area contributed by atoms with Gasteiger partial charge in [-0.25, -0.2) is 4.79 Å². The number of furan rings is 1. The third-order valence-electron chi connectivity index (χ3n) is 4.28. The highest BCUT2D eigenvalue weighted by molar-refractivity contribution is 5.91. The molecule has 0 atom stereocenters. The summed E-state index contributed by atoms with van der Waals surface area (Å²) in [4.78, 5) is 28.3. The van der Waals surface area contributed by atoms with Crippen molar-refractivity contribution in [3.8, 4) is 0 Å². The summed E-state index contributed by atoms with van der Waals surface area (Å²) >= 11 is 0. The van der Waals surface area contributed by atoms with Crippen LogP contribution in [0.4, 0.5) is 16.4 Å². The lowest BCUT2D eigenvalue weighted by atomic mass is 10.3. The van der Waals surface area contributed by atoms with E-state index in [9.17, 15) is 14.9 Å². The molecule has 0 spiro atoms. The van der Waals surface area contributed by atoms with Crippen LogP contribution in [-0.2, 0) is 6.54 Å². The summed E-state index contributed by atoms with van der Waals surface area (Å²) in [6.07, 6.45) is 0. The van der Waals surface area contributed by atoms with Crippen LogP contribution < -0.4 is 4.90 Å². The lowest BCUT2D eigenvalue weighted by Crippen LogP contribution is -2.51. The fourth-order valence-electron chi connectivity index (χ4n) is 2.84. The molecule has 0 aliphatic carbocycles. The molecule has 2 aromatic rings. The Kier molecular flexibility index (Phi) is 4.99. The number of carbonyl (C=O) groups is 1. The van der Waals surface area contributed by atoms with Gasteiger partial charge in [0.2, 0.25) is 0 Å². The number of carbonyl (C=O) groups excluding carboxylic acids is 1. The number of para-hydroxylation sites is 1. The first-order valence-corrected chi connectivity index (χ1v) is 8.08. The van der Waals surface area contributed by atoms with Crippen LogP contribution in [0.5, 0.6) is 0 Å². The molecular formula is C17H20N4O4. The smallest absolute Gasteiger partial charge is 0.404 e. The number of hydrogen-bond acceptors (Lipinski definition) is 5. The molecule has 0 unspecified atom stereocenters. The van der Waals surface area contributed by atoms with Crippen molar-refractivity contribution in [2.24, 2.45) is 0 Å². The molecule has 2 heterocycles. The average molecular weight is 344 g/mol. The molecule has 0 radical (unpaired) electrons. The molecule has 25 heavy (non-hydrogen) atoms. The maximum Gasteiger partial charge on any atom is 0.433 e. The van der Waals surface area contributed by atoms with Gasteiger partial charge in [-0.2, -0.15) is 0 Å². The van der Waals surface area contributed by atoms with Gasteiger partial charge < -0.3 is 9.32 Å². The summed E-state index contributed by atoms with van der Waals surface area (Å²) < 4.78 is 5.19. The Morgan fingerprint density at radius 3 is 2.44 bits per heavy atom. The first-order valence-electron chi connectivity index (χ1n) is 8.08. The van der Waals surface area contributed by atoms with Crippen molar-refractivity contribution in [1.29, 1.82) is 0 Å². The molecule has 0 bridgehead atoms. The van der Waals surface area contributed by atoms with Gasteiger partial charge in [-0.05, 0) is 18.2 Å². The molecule has 1 aliphatic heterocycles. The third kappa shape index (κ3) is 3.97. The first-order chi connectivity index (χ1) is 12.0. The van der Waals surface area contributed by atoms with Gasteiger partial charge in [0.05, 0.1) is 12.6 Å². The van der Waals surface area contributed by atoms with E-state index >= 15 is 0 Å². The van der Waals surface area contributed by atoms with E-state index in [4.69, 9.17) is 4.42 Å². The minimum Gasteiger partial charge on any atom is -0.404 e. The fraction of sp³-hybridized carbons (Fsp3) is 0.353. The Morgan fingerprint density at radius 1 is 1.16 bits per heavy atom. The molecule has 0 N–H and O–H groups in total. The quantitative estimate of drug-likeness (QED) is 0.629. The number of amides is 2. The van der Waals surface area contributed by atoms with Crippen LogP contribution in [0.3, 0.4) is 0 Å². The molecule has 3 rings (SSSR count). The summed E-state index contributed by atoms with van der Waals surface area (Å²) in [6, 6.07) is 12.5. The summed E-state index contributed by atoms with van der Waals surface area (Å²) in [5, 5.41) is 10.7. The molecule has 0 saturated carbocycles. The van der Waals surface area contributed by atoms with E-state index in [1.165, 1.54) is 6.07 Å². The number of nitro groups is 1. The largest absolute Gasteiger partial charge is 0.433 e. The zero-order valence-electron chi connectivity index (χ0n) is 14.0. The van der Waals surface area contributed by atoms with Crippen LogP contribution in [0.2, 0.25) is 0 Å². The van der Waals surface area contributed by atoms with Gasteiger partial charge >= 0.3 is 11.9 Å². The standard InChI is InChI=1S/C17H20N4O4/c1-18(14-5-3-2-4-6-14)17(22)20-11-9-19(10-12-20)13-15-7-8-16(25-15)21(23)24/h2-8H,9-13H2,1H3. The molecule has 132 valence electrons. The van der Waals surface area contributed by atoms with Crippen molar-refractivity contribution in [2.45, 2.75) is 6.54 Å². The van der Waals surface area contributed by atoms with Crippen LogP contribution in [-0.4, -0.2) is 54.0 Å². The van der Waals surface area contributed by atoms with Gasteiger partial charge in [-0.15, -0.1) is 0 Å². The molecule has 2 amide bonds. The lowest BCUT2D eigenvalue weighted by molar-refractivity contribution is -0.402. The van der Waals surface area contributed by atoms with E-state index in [1.807, 2.05) is 35.2 Å². The number of benzene rings is 1. The topological polar surface area (TPSA) is 83.1 Å². The van der Waals surface area contributed by atoms with Gasteiger partial charge in [0.25, 0.3) is 0 Å². The maximum absolute atomic E-state index is 12.6. The van der Waals surface area contributed by atoms with E-state index in [0.29, 0.717) is 38.5 Å². The molecule has 1 aliphatic rings. The molecular weight excluding hydrogens is 324 g/mol. The number of urea groups is 1. The lowest BCUT2D eigenvalue weighted by Gasteiger charge is -2.36. The van der Waals surface area contributed by atoms with Crippen molar-refractivity contribution in [3.63, 3.8) is 0 Å². The Bertz CT molecular complexity index is 738. The van der Waals surface area contributed by atoms with Crippen molar-refractivity contribution >= 4 is 17.6 Å². The fourth-order valence-corrected chi connectivity index (χ4v) is 2.84. The Hall–Kier alpha value is -2.87. The summed E-state index contributed by atoms with van der Waals surface area (Å²) in [5.41, 5.74) is 0.859. The Labute approximate surface area is 145 Å². The number of anilines is 1. The summed E-state index contributed by atoms with van der Waals surface area (Å²) in [6.45, 7) is 3.12. The Morgan fingerprint density at radius 2 is 1.84 bits per heavy atom. The average Bonchev–Trinajstić information content (AvgIpc) is 3.11. The first kappa shape index (κ1) is 17.0. The predicted octanol–water partition coefficient (Wildman–Crippen LogP) is 2.56. The number of nitrogens with zero attached hydrogens (tertiary/aromatic N) is 4. The van der Waals surface area contributed by atoms with E-state index < -0.39 is 4.92 Å². The number of rotatable bonds is 4. The Balaban J connectivity index is 1.52. The minimum absolute atomic E-state index is 0.0283. The van der Waals surface area contributed by atoms with Crippen LogP contribution in [0, 0.1) is 10.1 Å². The van der Waals surface area contributed by atoms with E-state index in [1.54, 1.807) is 18.0 Å². The number of hydrogen-bond donors (Lipinski definition) is 0. The minimum atomic E-state index is -0.542. The van der Waals surface area contributed by atoms with Crippen molar-refractivity contribution in [1.82, 2.24) is 9.80 Å². The van der Waals surface area contributed by atoms with Crippen molar-refractivity contribution in [2.75, 3.05) is 38.1 Å². The molecule has 1 saturated heterocycles. The van der Waals surface area contributed by atoms with E-state index in [-0.39, 0.29) is 11.9 Å². The molecule has 1 aromatic carbocycles. The molecule has 1 fully saturated rings. The second kappa shape index (κ2) is 7.35. The highest BCUT2D eigenvalue weighted by atomic mass is 16.6. The van der Waals surface area contributed by atoms with Crippen LogP contribution in [0.15, 0.2) is 46.9 Å². The van der Waals surface area contributed by atoms with Gasteiger partial charge in [-0.3, -0.25) is 19.9 Å².